The van der Waals surface area contributed by atoms with Gasteiger partial charge in [0.25, 0.3) is 0 Å². The molecule has 0 saturated heterocycles. The molecule has 13 heavy (non-hydrogen) atoms. The van der Waals surface area contributed by atoms with Gasteiger partial charge < -0.3 is 10.5 Å². The van der Waals surface area contributed by atoms with Gasteiger partial charge in [0.15, 0.2) is 0 Å². The maximum Gasteiger partial charge on any atom is 0.340 e. The molecule has 0 aliphatic heterocycles. The van der Waals surface area contributed by atoms with Crippen LogP contribution in [0, 0.1) is 3.57 Å². The zero-order chi connectivity index (χ0) is 10.0. The smallest absolute Gasteiger partial charge is 0.340 e. The Hall–Kier alpha value is -0.560. The first-order chi connectivity index (χ1) is 6.07. The maximum absolute atomic E-state index is 11.1. The lowest BCUT2D eigenvalue weighted by molar-refractivity contribution is 0.0600. The van der Waals surface area contributed by atoms with Gasteiger partial charge in [0, 0.05) is 6.20 Å². The Morgan fingerprint density at radius 3 is 2.92 bits per heavy atom. The van der Waals surface area contributed by atoms with E-state index in [9.17, 15) is 4.79 Å². The molecule has 0 fully saturated rings. The third-order valence-electron chi connectivity index (χ3n) is 1.39. The fourth-order valence-electron chi connectivity index (χ4n) is 0.730. The number of pyridine rings is 1. The quantitative estimate of drug-likeness (QED) is 0.633. The Bertz CT molecular complexity index is 357. The van der Waals surface area contributed by atoms with Gasteiger partial charge in [0.2, 0.25) is 0 Å². The molecular weight excluding hydrogens is 306 g/mol. The van der Waals surface area contributed by atoms with Crippen molar-refractivity contribution in [1.82, 2.24) is 4.98 Å². The molecule has 1 rings (SSSR count). The van der Waals surface area contributed by atoms with Crippen molar-refractivity contribution in [2.45, 2.75) is 0 Å². The van der Waals surface area contributed by atoms with Crippen molar-refractivity contribution < 1.29 is 9.53 Å². The van der Waals surface area contributed by atoms with Crippen LogP contribution in [0.2, 0.25) is 5.02 Å². The number of carbonyl (C=O) groups is 1. The molecule has 1 aromatic heterocycles. The molecule has 0 aromatic carbocycles. The number of esters is 1. The van der Waals surface area contributed by atoms with Crippen LogP contribution < -0.4 is 5.73 Å². The molecule has 2 N–H and O–H groups in total. The Morgan fingerprint density at radius 1 is 1.77 bits per heavy atom. The van der Waals surface area contributed by atoms with Crippen LogP contribution in [0.1, 0.15) is 10.4 Å². The Labute approximate surface area is 93.6 Å². The number of carbonyl (C=O) groups excluding carboxylic acids is 1. The highest BCUT2D eigenvalue weighted by Gasteiger charge is 2.15. The van der Waals surface area contributed by atoms with E-state index in [0.717, 1.165) is 0 Å². The molecule has 0 radical (unpaired) electrons. The number of hydrogen-bond acceptors (Lipinski definition) is 4. The second-order valence-corrected chi connectivity index (χ2v) is 3.63. The normalized spacial score (nSPS) is 9.77. The van der Waals surface area contributed by atoms with E-state index in [0.29, 0.717) is 9.39 Å². The van der Waals surface area contributed by atoms with E-state index in [1.165, 1.54) is 13.3 Å². The third kappa shape index (κ3) is 2.02. The summed E-state index contributed by atoms with van der Waals surface area (Å²) in [6.07, 6.45) is 1.30. The summed E-state index contributed by atoms with van der Waals surface area (Å²) in [5, 5.41) is 0.278. The number of methoxy groups -OCH3 is 1. The molecule has 0 amide bonds. The van der Waals surface area contributed by atoms with Crippen LogP contribution in [0.4, 0.5) is 5.82 Å². The first-order valence-corrected chi connectivity index (χ1v) is 4.71. The Balaban J connectivity index is 3.26. The maximum atomic E-state index is 11.1. The summed E-state index contributed by atoms with van der Waals surface area (Å²) in [6.45, 7) is 0. The largest absolute Gasteiger partial charge is 0.465 e. The molecule has 0 aliphatic rings. The zero-order valence-electron chi connectivity index (χ0n) is 6.67. The lowest BCUT2D eigenvalue weighted by atomic mass is 10.3. The highest BCUT2D eigenvalue weighted by atomic mass is 127. The minimum absolute atomic E-state index is 0.225. The van der Waals surface area contributed by atoms with Crippen LogP contribution in [0.25, 0.3) is 0 Å². The molecule has 70 valence electrons. The predicted octanol–water partition coefficient (Wildman–Crippen LogP) is 1.71. The van der Waals surface area contributed by atoms with Crippen molar-refractivity contribution in [3.63, 3.8) is 0 Å². The van der Waals surface area contributed by atoms with Crippen LogP contribution in [-0.4, -0.2) is 18.1 Å². The number of nitrogens with two attached hydrogens (primary N) is 1. The van der Waals surface area contributed by atoms with E-state index >= 15 is 0 Å². The molecular formula is C7H6ClIN2O2. The molecule has 0 saturated carbocycles. The number of nitrogen functional groups attached to an aromatic ring is 1. The molecule has 1 aromatic rings. The number of anilines is 1. The number of aromatic nitrogens is 1. The summed E-state index contributed by atoms with van der Waals surface area (Å²) >= 11 is 7.76. The van der Waals surface area contributed by atoms with Crippen molar-refractivity contribution >= 4 is 46.0 Å². The van der Waals surface area contributed by atoms with Gasteiger partial charge in [-0.25, -0.2) is 9.78 Å². The summed E-state index contributed by atoms with van der Waals surface area (Å²) in [7, 11) is 1.28. The van der Waals surface area contributed by atoms with E-state index in [2.05, 4.69) is 9.72 Å². The molecule has 4 nitrogen and oxygen atoms in total. The standard InChI is InChI=1S/C7H6ClIN2O2/c1-13-7(12)3-2-11-6(10)5(9)4(3)8/h2H,1H3,(H2,10,11). The van der Waals surface area contributed by atoms with E-state index in [1.54, 1.807) is 0 Å². The van der Waals surface area contributed by atoms with Crippen molar-refractivity contribution in [3.05, 3.63) is 20.4 Å². The summed E-state index contributed by atoms with van der Waals surface area (Å²) < 4.78 is 5.06. The minimum atomic E-state index is -0.518. The molecule has 0 atom stereocenters. The molecule has 0 spiro atoms. The minimum Gasteiger partial charge on any atom is -0.465 e. The van der Waals surface area contributed by atoms with Gasteiger partial charge in [-0.05, 0) is 22.6 Å². The van der Waals surface area contributed by atoms with E-state index in [1.807, 2.05) is 22.6 Å². The summed E-state index contributed by atoms with van der Waals surface area (Å²) in [5.41, 5.74) is 5.70. The lowest BCUT2D eigenvalue weighted by Gasteiger charge is -2.04. The highest BCUT2D eigenvalue weighted by molar-refractivity contribution is 14.1. The number of nitrogens with zero attached hydrogens (tertiary/aromatic N) is 1. The van der Waals surface area contributed by atoms with Crippen LogP contribution in [0.3, 0.4) is 0 Å². The Kier molecular flexibility index (Phi) is 3.32. The fourth-order valence-corrected chi connectivity index (χ4v) is 1.38. The van der Waals surface area contributed by atoms with Crippen molar-refractivity contribution in [2.75, 3.05) is 12.8 Å². The van der Waals surface area contributed by atoms with Gasteiger partial charge in [-0.1, -0.05) is 11.6 Å². The van der Waals surface area contributed by atoms with Crippen LogP contribution >= 0.6 is 34.2 Å². The Morgan fingerprint density at radius 2 is 2.38 bits per heavy atom. The fraction of sp³-hybridized carbons (Fsp3) is 0.143. The first kappa shape index (κ1) is 10.5. The van der Waals surface area contributed by atoms with Crippen molar-refractivity contribution in [3.8, 4) is 0 Å². The topological polar surface area (TPSA) is 65.2 Å². The number of rotatable bonds is 1. The van der Waals surface area contributed by atoms with Gasteiger partial charge >= 0.3 is 5.97 Å². The molecule has 0 aliphatic carbocycles. The average molecular weight is 312 g/mol. The molecule has 6 heteroatoms. The van der Waals surface area contributed by atoms with Crippen molar-refractivity contribution in [1.29, 1.82) is 0 Å². The summed E-state index contributed by atoms with van der Waals surface area (Å²) in [4.78, 5) is 14.9. The highest BCUT2D eigenvalue weighted by Crippen LogP contribution is 2.26. The molecule has 0 unspecified atom stereocenters. The zero-order valence-corrected chi connectivity index (χ0v) is 9.59. The predicted molar refractivity (Wildman–Crippen MR) is 57.7 cm³/mol. The monoisotopic (exact) mass is 312 g/mol. The number of hydrogen-bond donors (Lipinski definition) is 1. The van der Waals surface area contributed by atoms with E-state index in [-0.39, 0.29) is 10.6 Å². The average Bonchev–Trinajstić information content (AvgIpc) is 2.13. The summed E-state index contributed by atoms with van der Waals surface area (Å²) in [5.74, 6) is -0.214. The number of ether oxygens (including phenoxy) is 1. The van der Waals surface area contributed by atoms with Gasteiger partial charge in [-0.2, -0.15) is 0 Å². The second kappa shape index (κ2) is 4.10. The van der Waals surface area contributed by atoms with E-state index in [4.69, 9.17) is 17.3 Å². The first-order valence-electron chi connectivity index (χ1n) is 3.25. The molecule has 1 heterocycles. The second-order valence-electron chi connectivity index (χ2n) is 2.18. The van der Waals surface area contributed by atoms with Gasteiger partial charge in [0.05, 0.1) is 21.3 Å². The van der Waals surface area contributed by atoms with Crippen LogP contribution in [0.15, 0.2) is 6.20 Å². The lowest BCUT2D eigenvalue weighted by Crippen LogP contribution is -2.06. The van der Waals surface area contributed by atoms with E-state index < -0.39 is 5.97 Å². The van der Waals surface area contributed by atoms with Gasteiger partial charge in [0.1, 0.15) is 5.82 Å². The van der Waals surface area contributed by atoms with Gasteiger partial charge in [-0.15, -0.1) is 0 Å². The molecule has 0 bridgehead atoms. The third-order valence-corrected chi connectivity index (χ3v) is 3.20. The number of halogens is 2. The SMILES string of the molecule is COC(=O)c1cnc(N)c(I)c1Cl. The van der Waals surface area contributed by atoms with Crippen LogP contribution in [0.5, 0.6) is 0 Å². The van der Waals surface area contributed by atoms with Crippen LogP contribution in [-0.2, 0) is 4.74 Å². The van der Waals surface area contributed by atoms with Crippen molar-refractivity contribution in [2.24, 2.45) is 0 Å². The summed E-state index contributed by atoms with van der Waals surface area (Å²) in [6, 6.07) is 0. The van der Waals surface area contributed by atoms with Gasteiger partial charge in [-0.3, -0.25) is 0 Å².